The molecule has 0 aliphatic carbocycles. The third-order valence-corrected chi connectivity index (χ3v) is 4.19. The van der Waals surface area contributed by atoms with Crippen molar-refractivity contribution in [2.75, 3.05) is 25.2 Å². The number of hydrogen-bond acceptors (Lipinski definition) is 3. The van der Waals surface area contributed by atoms with Crippen molar-refractivity contribution in [1.29, 1.82) is 0 Å². The molecule has 0 amide bonds. The smallest absolute Gasteiger partial charge is 0.289 e. The fraction of sp³-hybridized carbons (Fsp3) is 0.895. The predicted molar refractivity (Wildman–Crippen MR) is 102 cm³/mol. The van der Waals surface area contributed by atoms with Crippen molar-refractivity contribution >= 4 is 15.9 Å². The van der Waals surface area contributed by atoms with Gasteiger partial charge in [0.1, 0.15) is 0 Å². The van der Waals surface area contributed by atoms with Gasteiger partial charge in [-0.2, -0.15) is 0 Å². The van der Waals surface area contributed by atoms with Crippen LogP contribution in [0.25, 0.3) is 0 Å². The normalized spacial score (nSPS) is 13.8. The molecule has 3 nitrogen and oxygen atoms in total. The summed E-state index contributed by atoms with van der Waals surface area (Å²) in [6.07, 6.45) is 13.0. The molecule has 0 bridgehead atoms. The van der Waals surface area contributed by atoms with Crippen LogP contribution in [-0.2, 0) is 14.2 Å². The minimum Gasteiger partial charge on any atom is -0.327 e. The molecule has 0 aromatic heterocycles. The van der Waals surface area contributed by atoms with Gasteiger partial charge < -0.3 is 14.2 Å². The molecular weight excluding hydrogens is 356 g/mol. The van der Waals surface area contributed by atoms with Crippen LogP contribution in [0.2, 0.25) is 0 Å². The molecule has 0 radical (unpaired) electrons. The molecule has 0 aromatic rings. The van der Waals surface area contributed by atoms with Gasteiger partial charge in [-0.25, -0.2) is 0 Å². The third-order valence-electron chi connectivity index (χ3n) is 3.82. The highest BCUT2D eigenvalue weighted by Crippen LogP contribution is 2.32. The molecule has 0 aromatic carbocycles. The number of unbranched alkanes of at least 4 members (excludes halogenated alkanes) is 5. The zero-order valence-electron chi connectivity index (χ0n) is 15.6. The van der Waals surface area contributed by atoms with Crippen LogP contribution in [0.1, 0.15) is 72.6 Å². The monoisotopic (exact) mass is 392 g/mol. The van der Waals surface area contributed by atoms with Crippen LogP contribution in [0.3, 0.4) is 0 Å². The van der Waals surface area contributed by atoms with Gasteiger partial charge in [-0.3, -0.25) is 0 Å². The SMILES string of the molecule is CCCCCCCCC(C=CCBr)C(OCC)(OCC)OCC. The van der Waals surface area contributed by atoms with E-state index in [1.54, 1.807) is 0 Å². The van der Waals surface area contributed by atoms with Gasteiger partial charge in [-0.05, 0) is 27.2 Å². The van der Waals surface area contributed by atoms with E-state index in [9.17, 15) is 0 Å². The second kappa shape index (κ2) is 15.6. The second-order valence-corrected chi connectivity index (χ2v) is 6.30. The Morgan fingerprint density at radius 3 is 1.83 bits per heavy atom. The zero-order chi connectivity index (χ0) is 17.4. The standard InChI is InChI=1S/C19H37BrO3/c1-5-9-10-11-12-13-15-18(16-14-17-20)19(21-6-2,22-7-3)23-8-4/h14,16,18H,5-13,15,17H2,1-4H3. The average molecular weight is 393 g/mol. The zero-order valence-corrected chi connectivity index (χ0v) is 17.2. The molecule has 0 aliphatic rings. The maximum atomic E-state index is 5.95. The predicted octanol–water partition coefficient (Wildman–Crippen LogP) is 6.07. The van der Waals surface area contributed by atoms with Crippen LogP contribution in [-0.4, -0.2) is 31.1 Å². The molecule has 0 saturated heterocycles. The Labute approximate surface area is 152 Å². The minimum atomic E-state index is -0.944. The summed E-state index contributed by atoms with van der Waals surface area (Å²) in [4.78, 5) is 0. The molecule has 0 heterocycles. The van der Waals surface area contributed by atoms with Crippen LogP contribution in [0.5, 0.6) is 0 Å². The number of hydrogen-bond donors (Lipinski definition) is 0. The van der Waals surface area contributed by atoms with Gasteiger partial charge in [0.25, 0.3) is 5.97 Å². The van der Waals surface area contributed by atoms with E-state index in [2.05, 4.69) is 35.0 Å². The van der Waals surface area contributed by atoms with Gasteiger partial charge in [-0.1, -0.05) is 73.5 Å². The Hall–Kier alpha value is 0.1000. The first-order chi connectivity index (χ1) is 11.2. The quantitative estimate of drug-likeness (QED) is 0.138. The minimum absolute atomic E-state index is 0.117. The fourth-order valence-corrected chi connectivity index (χ4v) is 3.02. The van der Waals surface area contributed by atoms with Crippen molar-refractivity contribution in [3.63, 3.8) is 0 Å². The number of allylic oxidation sites excluding steroid dienone is 1. The number of rotatable bonds is 16. The topological polar surface area (TPSA) is 27.7 Å². The summed E-state index contributed by atoms with van der Waals surface area (Å²) < 4.78 is 17.9. The lowest BCUT2D eigenvalue weighted by Gasteiger charge is -2.37. The first-order valence-corrected chi connectivity index (χ1v) is 10.5. The maximum Gasteiger partial charge on any atom is 0.289 e. The Morgan fingerprint density at radius 2 is 1.35 bits per heavy atom. The van der Waals surface area contributed by atoms with E-state index in [4.69, 9.17) is 14.2 Å². The van der Waals surface area contributed by atoms with E-state index in [-0.39, 0.29) is 5.92 Å². The van der Waals surface area contributed by atoms with Crippen LogP contribution < -0.4 is 0 Å². The molecule has 0 saturated carbocycles. The molecule has 23 heavy (non-hydrogen) atoms. The molecule has 138 valence electrons. The van der Waals surface area contributed by atoms with Gasteiger partial charge in [0.05, 0.1) is 5.92 Å². The lowest BCUT2D eigenvalue weighted by Crippen LogP contribution is -2.46. The fourth-order valence-electron chi connectivity index (χ4n) is 2.80. The molecule has 4 heteroatoms. The number of halogens is 1. The Morgan fingerprint density at radius 1 is 0.826 bits per heavy atom. The summed E-state index contributed by atoms with van der Waals surface area (Å²) in [6.45, 7) is 9.95. The third kappa shape index (κ3) is 9.85. The van der Waals surface area contributed by atoms with Gasteiger partial charge in [0.15, 0.2) is 0 Å². The van der Waals surface area contributed by atoms with Crippen molar-refractivity contribution in [1.82, 2.24) is 0 Å². The summed E-state index contributed by atoms with van der Waals surface area (Å²) in [5.74, 6) is -0.827. The highest BCUT2D eigenvalue weighted by molar-refractivity contribution is 9.09. The first kappa shape index (κ1) is 23.1. The van der Waals surface area contributed by atoms with Gasteiger partial charge in [-0.15, -0.1) is 0 Å². The van der Waals surface area contributed by atoms with E-state index >= 15 is 0 Å². The molecule has 1 unspecified atom stereocenters. The summed E-state index contributed by atoms with van der Waals surface area (Å²) >= 11 is 3.46. The van der Waals surface area contributed by atoms with Crippen LogP contribution in [0.4, 0.5) is 0 Å². The van der Waals surface area contributed by atoms with Gasteiger partial charge in [0, 0.05) is 25.2 Å². The van der Waals surface area contributed by atoms with Crippen molar-refractivity contribution < 1.29 is 14.2 Å². The highest BCUT2D eigenvalue weighted by atomic mass is 79.9. The highest BCUT2D eigenvalue weighted by Gasteiger charge is 2.40. The summed E-state index contributed by atoms with van der Waals surface area (Å²) in [6, 6.07) is 0. The molecule has 1 atom stereocenters. The van der Waals surface area contributed by atoms with E-state index in [0.29, 0.717) is 19.8 Å². The van der Waals surface area contributed by atoms with Crippen molar-refractivity contribution in [2.45, 2.75) is 78.6 Å². The molecule has 0 fully saturated rings. The molecule has 0 spiro atoms. The maximum absolute atomic E-state index is 5.95. The van der Waals surface area contributed by atoms with Crippen molar-refractivity contribution in [3.8, 4) is 0 Å². The lowest BCUT2D eigenvalue weighted by molar-refractivity contribution is -0.395. The van der Waals surface area contributed by atoms with E-state index in [1.165, 1.54) is 38.5 Å². The van der Waals surface area contributed by atoms with Gasteiger partial charge in [0.2, 0.25) is 0 Å². The molecule has 0 aliphatic heterocycles. The second-order valence-electron chi connectivity index (χ2n) is 5.65. The summed E-state index contributed by atoms with van der Waals surface area (Å²) in [5.41, 5.74) is 0. The molecule has 0 N–H and O–H groups in total. The van der Waals surface area contributed by atoms with E-state index in [1.807, 2.05) is 20.8 Å². The number of ether oxygens (including phenoxy) is 3. The van der Waals surface area contributed by atoms with Gasteiger partial charge >= 0.3 is 0 Å². The Kier molecular flexibility index (Phi) is 15.7. The van der Waals surface area contributed by atoms with Crippen LogP contribution in [0, 0.1) is 5.92 Å². The molecular formula is C19H37BrO3. The first-order valence-electron chi connectivity index (χ1n) is 9.35. The van der Waals surface area contributed by atoms with Crippen molar-refractivity contribution in [2.24, 2.45) is 5.92 Å². The molecule has 0 rings (SSSR count). The van der Waals surface area contributed by atoms with Crippen LogP contribution >= 0.6 is 15.9 Å². The van der Waals surface area contributed by atoms with Crippen LogP contribution in [0.15, 0.2) is 12.2 Å². The lowest BCUT2D eigenvalue weighted by atomic mass is 9.97. The summed E-state index contributed by atoms with van der Waals surface area (Å²) in [5, 5.41) is 0.834. The summed E-state index contributed by atoms with van der Waals surface area (Å²) in [7, 11) is 0. The Balaban J connectivity index is 4.79. The van der Waals surface area contributed by atoms with E-state index < -0.39 is 5.97 Å². The Bertz CT molecular complexity index is 265. The van der Waals surface area contributed by atoms with E-state index in [0.717, 1.165) is 11.8 Å². The number of alkyl halides is 1. The largest absolute Gasteiger partial charge is 0.327 e. The average Bonchev–Trinajstić information content (AvgIpc) is 2.54. The van der Waals surface area contributed by atoms with Crippen molar-refractivity contribution in [3.05, 3.63) is 12.2 Å².